The first kappa shape index (κ1) is 24.9. The largest absolute Gasteiger partial charge is 0.503 e. The number of hydrogen-bond acceptors (Lipinski definition) is 5. The Morgan fingerprint density at radius 2 is 1.78 bits per heavy atom. The lowest BCUT2D eigenvalue weighted by atomic mass is 9.96. The highest BCUT2D eigenvalue weighted by molar-refractivity contribution is 5.79. The van der Waals surface area contributed by atoms with Crippen molar-refractivity contribution in [2.75, 3.05) is 6.61 Å². The molecular formula is C26H19F6NO4. The Bertz CT molecular complexity index is 1380. The number of halogens is 6. The Morgan fingerprint density at radius 1 is 1.08 bits per heavy atom. The Hall–Kier alpha value is -3.76. The summed E-state index contributed by atoms with van der Waals surface area (Å²) >= 11 is 0. The monoisotopic (exact) mass is 523 g/mol. The van der Waals surface area contributed by atoms with Crippen LogP contribution >= 0.6 is 0 Å². The van der Waals surface area contributed by atoms with Gasteiger partial charge in [-0.15, -0.1) is 0 Å². The number of carbonyl (C=O) groups is 1. The summed E-state index contributed by atoms with van der Waals surface area (Å²) in [5.74, 6) is -5.68. The van der Waals surface area contributed by atoms with Crippen LogP contribution in [-0.4, -0.2) is 22.7 Å². The van der Waals surface area contributed by atoms with Crippen LogP contribution in [0.15, 0.2) is 36.5 Å². The van der Waals surface area contributed by atoms with Crippen molar-refractivity contribution in [2.45, 2.75) is 32.0 Å². The van der Waals surface area contributed by atoms with E-state index in [9.17, 15) is 36.2 Å². The minimum Gasteiger partial charge on any atom is -0.503 e. The molecule has 0 saturated heterocycles. The van der Waals surface area contributed by atoms with Gasteiger partial charge in [0.25, 0.3) is 0 Å². The maximum absolute atomic E-state index is 14.6. The number of carbonyl (C=O) groups excluding carboxylic acids is 1. The number of aromatic nitrogens is 1. The zero-order valence-corrected chi connectivity index (χ0v) is 19.2. The third-order valence-corrected chi connectivity index (χ3v) is 6.74. The molecular weight excluding hydrogens is 504 g/mol. The Labute approximate surface area is 206 Å². The van der Waals surface area contributed by atoms with Gasteiger partial charge in [0.15, 0.2) is 17.4 Å². The molecule has 0 amide bonds. The molecule has 37 heavy (non-hydrogen) atoms. The fraction of sp³-hybridized carbons (Fsp3) is 0.308. The fourth-order valence-corrected chi connectivity index (χ4v) is 4.98. The Morgan fingerprint density at radius 3 is 2.43 bits per heavy atom. The van der Waals surface area contributed by atoms with Crippen LogP contribution in [0.4, 0.5) is 26.3 Å². The van der Waals surface area contributed by atoms with E-state index in [-0.39, 0.29) is 41.2 Å². The highest BCUT2D eigenvalue weighted by atomic mass is 19.4. The summed E-state index contributed by atoms with van der Waals surface area (Å²) in [4.78, 5) is 16.2. The molecule has 1 N–H and O–H groups in total. The maximum Gasteiger partial charge on any atom is 0.417 e. The number of pyridine rings is 1. The molecule has 3 aromatic rings. The molecule has 11 heteroatoms. The lowest BCUT2D eigenvalue weighted by Crippen LogP contribution is -2.11. The number of aromatic hydroxyl groups is 1. The second-order valence-electron chi connectivity index (χ2n) is 8.96. The predicted molar refractivity (Wildman–Crippen MR) is 117 cm³/mol. The van der Waals surface area contributed by atoms with Gasteiger partial charge in [0.05, 0.1) is 18.1 Å². The number of rotatable bonds is 6. The molecule has 5 nitrogen and oxygen atoms in total. The van der Waals surface area contributed by atoms with E-state index in [0.29, 0.717) is 25.2 Å². The van der Waals surface area contributed by atoms with Crippen molar-refractivity contribution in [1.29, 1.82) is 0 Å². The zero-order valence-electron chi connectivity index (χ0n) is 19.2. The molecule has 0 aliphatic heterocycles. The van der Waals surface area contributed by atoms with E-state index in [4.69, 9.17) is 9.47 Å². The van der Waals surface area contributed by atoms with Crippen LogP contribution in [0.2, 0.25) is 0 Å². The quantitative estimate of drug-likeness (QED) is 0.321. The number of nitrogens with zero attached hydrogens (tertiary/aromatic N) is 1. The molecule has 194 valence electrons. The molecule has 0 spiro atoms. The van der Waals surface area contributed by atoms with Crippen LogP contribution in [0, 0.1) is 29.3 Å². The van der Waals surface area contributed by atoms with E-state index >= 15 is 0 Å². The first-order valence-corrected chi connectivity index (χ1v) is 11.4. The highest BCUT2D eigenvalue weighted by Gasteiger charge is 2.60. The molecule has 1 aromatic heterocycles. The fourth-order valence-electron chi connectivity index (χ4n) is 4.98. The molecule has 5 rings (SSSR count). The van der Waals surface area contributed by atoms with E-state index in [2.05, 4.69) is 4.98 Å². The van der Waals surface area contributed by atoms with Crippen LogP contribution in [0.3, 0.4) is 0 Å². The Kier molecular flexibility index (Phi) is 6.04. The number of benzene rings is 2. The van der Waals surface area contributed by atoms with E-state index in [1.54, 1.807) is 19.2 Å². The summed E-state index contributed by atoms with van der Waals surface area (Å²) in [6.07, 6.45) is -2.85. The highest BCUT2D eigenvalue weighted by Crippen LogP contribution is 2.61. The van der Waals surface area contributed by atoms with Crippen molar-refractivity contribution >= 4 is 5.97 Å². The van der Waals surface area contributed by atoms with Crippen molar-refractivity contribution in [2.24, 2.45) is 11.8 Å². The summed E-state index contributed by atoms with van der Waals surface area (Å²) in [5, 5.41) is 9.29. The van der Waals surface area contributed by atoms with Gasteiger partial charge in [-0.25, -0.2) is 18.2 Å². The van der Waals surface area contributed by atoms with Crippen molar-refractivity contribution in [3.63, 3.8) is 0 Å². The number of phenols is 1. The van der Waals surface area contributed by atoms with Gasteiger partial charge < -0.3 is 14.6 Å². The summed E-state index contributed by atoms with van der Waals surface area (Å²) in [6, 6.07) is 3.73. The van der Waals surface area contributed by atoms with Crippen LogP contribution in [0.25, 0.3) is 11.1 Å². The molecule has 3 atom stereocenters. The van der Waals surface area contributed by atoms with E-state index in [1.165, 1.54) is 0 Å². The lowest BCUT2D eigenvalue weighted by molar-refractivity contribution is -0.145. The minimum absolute atomic E-state index is 0.0246. The molecule has 0 bridgehead atoms. The van der Waals surface area contributed by atoms with E-state index in [1.807, 2.05) is 0 Å². The number of alkyl halides is 3. The smallest absolute Gasteiger partial charge is 0.417 e. The van der Waals surface area contributed by atoms with Gasteiger partial charge in [-0.3, -0.25) is 4.79 Å². The third-order valence-electron chi connectivity index (χ3n) is 6.74. The van der Waals surface area contributed by atoms with E-state index < -0.39 is 52.7 Å². The van der Waals surface area contributed by atoms with Crippen LogP contribution in [0.5, 0.6) is 11.6 Å². The number of fused-ring (bicyclic) bond motifs is 3. The van der Waals surface area contributed by atoms with Crippen LogP contribution in [0.1, 0.15) is 35.1 Å². The molecule has 1 fully saturated rings. The van der Waals surface area contributed by atoms with Gasteiger partial charge in [0.2, 0.25) is 5.88 Å². The zero-order chi connectivity index (χ0) is 26.6. The number of phenolic OH excluding ortho intramolecular Hbond substituents is 1. The number of hydrogen-bond donors (Lipinski definition) is 1. The maximum atomic E-state index is 14.6. The molecule has 2 aliphatic rings. The molecule has 2 aliphatic carbocycles. The standard InChI is InChI=1S/C26H19F6NO4/c1-2-36-25(35)23-15-3-11-7-21(33-9-16(11)22(15)23)37-10-13-4-14(17(8-18(13)27)26(30,31)32)12-5-19(28)24(34)20(29)6-12/h4-9,15,22-23,34H,2-3,10H2,1H3/t15-,22-,23+/m1/s1. The van der Waals surface area contributed by atoms with Crippen molar-refractivity contribution in [3.05, 3.63) is 76.2 Å². The van der Waals surface area contributed by atoms with E-state index in [0.717, 1.165) is 17.2 Å². The van der Waals surface area contributed by atoms with Crippen molar-refractivity contribution in [3.8, 4) is 22.8 Å². The summed E-state index contributed by atoms with van der Waals surface area (Å²) in [5.41, 5.74) is -1.16. The van der Waals surface area contributed by atoms with Gasteiger partial charge in [0, 0.05) is 23.7 Å². The van der Waals surface area contributed by atoms with Gasteiger partial charge in [-0.2, -0.15) is 13.2 Å². The second kappa shape index (κ2) is 8.97. The van der Waals surface area contributed by atoms with Gasteiger partial charge in [-0.1, -0.05) is 0 Å². The summed E-state index contributed by atoms with van der Waals surface area (Å²) in [6.45, 7) is 1.52. The summed E-state index contributed by atoms with van der Waals surface area (Å²) < 4.78 is 93.7. The first-order chi connectivity index (χ1) is 17.5. The molecule has 2 aromatic carbocycles. The minimum atomic E-state index is -5.02. The lowest BCUT2D eigenvalue weighted by Gasteiger charge is -2.17. The van der Waals surface area contributed by atoms with Gasteiger partial charge in [0.1, 0.15) is 12.4 Å². The second-order valence-corrected chi connectivity index (χ2v) is 8.96. The van der Waals surface area contributed by atoms with Crippen molar-refractivity contribution < 1.29 is 45.7 Å². The average molecular weight is 523 g/mol. The van der Waals surface area contributed by atoms with Crippen molar-refractivity contribution in [1.82, 2.24) is 4.98 Å². The summed E-state index contributed by atoms with van der Waals surface area (Å²) in [7, 11) is 0. The average Bonchev–Trinajstić information content (AvgIpc) is 3.42. The van der Waals surface area contributed by atoms with Gasteiger partial charge >= 0.3 is 12.1 Å². The topological polar surface area (TPSA) is 68.7 Å². The van der Waals surface area contributed by atoms with Crippen LogP contribution < -0.4 is 4.74 Å². The van der Waals surface area contributed by atoms with Crippen LogP contribution in [-0.2, 0) is 28.7 Å². The van der Waals surface area contributed by atoms with Gasteiger partial charge in [-0.05, 0) is 65.8 Å². The normalized spacial score (nSPS) is 19.8. The molecule has 0 radical (unpaired) electrons. The third kappa shape index (κ3) is 4.47. The molecule has 1 saturated carbocycles. The number of ether oxygens (including phenoxy) is 2. The first-order valence-electron chi connectivity index (χ1n) is 11.4. The predicted octanol–water partition coefficient (Wildman–Crippen LogP) is 5.92. The SMILES string of the molecule is CCOC(=O)[C@H]1[C@@H]2Cc3cc(OCc4cc(-c5cc(F)c(O)c(F)c5)c(C(F)(F)F)cc4F)ncc3[C@@H]21. The Balaban J connectivity index is 1.39. The molecule has 1 heterocycles. The number of esters is 1. The molecule has 0 unspecified atom stereocenters.